The van der Waals surface area contributed by atoms with Gasteiger partial charge in [-0.25, -0.2) is 13.6 Å². The van der Waals surface area contributed by atoms with E-state index in [9.17, 15) is 36.3 Å². The number of aryl methyl sites for hydroxylation is 1. The summed E-state index contributed by atoms with van der Waals surface area (Å²) >= 11 is 6.36. The molecule has 3 heterocycles. The maximum absolute atomic E-state index is 14.3. The normalized spacial score (nSPS) is 16.8. The first-order valence-electron chi connectivity index (χ1n) is 12.7. The maximum Gasteiger partial charge on any atom is 0.416 e. The smallest absolute Gasteiger partial charge is 0.341 e. The molecule has 1 saturated heterocycles. The summed E-state index contributed by atoms with van der Waals surface area (Å²) in [7, 11) is 1.49. The number of halogens is 6. The van der Waals surface area contributed by atoms with Crippen LogP contribution in [0, 0.1) is 17.6 Å². The van der Waals surface area contributed by atoms with E-state index >= 15 is 0 Å². The van der Waals surface area contributed by atoms with Crippen molar-refractivity contribution < 1.29 is 31.5 Å². The van der Waals surface area contributed by atoms with Crippen molar-refractivity contribution in [1.29, 1.82) is 0 Å². The van der Waals surface area contributed by atoms with Crippen LogP contribution in [0.1, 0.15) is 43.4 Å². The lowest BCUT2D eigenvalue weighted by atomic mass is 9.94. The first kappa shape index (κ1) is 27.9. The lowest BCUT2D eigenvalue weighted by Gasteiger charge is -2.27. The highest BCUT2D eigenvalue weighted by Gasteiger charge is 2.39. The van der Waals surface area contributed by atoms with Gasteiger partial charge in [-0.05, 0) is 42.5 Å². The second-order valence-corrected chi connectivity index (χ2v) is 10.7. The highest BCUT2D eigenvalue weighted by molar-refractivity contribution is 6.31. The predicted octanol–water partition coefficient (Wildman–Crippen LogP) is 4.59. The molecule has 0 radical (unpaired) electrons. The van der Waals surface area contributed by atoms with E-state index < -0.39 is 52.5 Å². The van der Waals surface area contributed by atoms with E-state index in [0.717, 1.165) is 12.1 Å². The summed E-state index contributed by atoms with van der Waals surface area (Å²) in [6.45, 7) is 1.63. The molecule has 6 rings (SSSR count). The first-order chi connectivity index (χ1) is 19.8. The van der Waals surface area contributed by atoms with Crippen molar-refractivity contribution in [2.75, 3.05) is 18.4 Å². The number of carbonyl (C=O) groups excluding carboxylic acids is 2. The van der Waals surface area contributed by atoms with Crippen LogP contribution < -0.4 is 21.6 Å². The Hall–Kier alpha value is -4.23. The van der Waals surface area contributed by atoms with E-state index in [-0.39, 0.29) is 44.9 Å². The van der Waals surface area contributed by atoms with Crippen molar-refractivity contribution in [3.8, 4) is 0 Å². The number of fused-ring (bicyclic) bond motifs is 3. The third-order valence-corrected chi connectivity index (χ3v) is 7.91. The molecule has 218 valence electrons. The van der Waals surface area contributed by atoms with Gasteiger partial charge in [-0.2, -0.15) is 13.2 Å². The molecule has 8 nitrogen and oxygen atoms in total. The van der Waals surface area contributed by atoms with E-state index in [2.05, 4.69) is 16.0 Å². The van der Waals surface area contributed by atoms with Gasteiger partial charge in [-0.15, -0.1) is 0 Å². The van der Waals surface area contributed by atoms with E-state index in [4.69, 9.17) is 11.6 Å². The van der Waals surface area contributed by atoms with Gasteiger partial charge < -0.3 is 16.0 Å². The van der Waals surface area contributed by atoms with Gasteiger partial charge in [0.25, 0.3) is 11.8 Å². The highest BCUT2D eigenvalue weighted by Crippen LogP contribution is 2.43. The molecule has 0 saturated carbocycles. The minimum absolute atomic E-state index is 0.00781. The van der Waals surface area contributed by atoms with Crippen LogP contribution in [0.2, 0.25) is 5.02 Å². The SMILES string of the molecule is Cn1c(=O)n(CC2CNC2)c2cc(NC(=O)c3cc(F)cc(C(F)(F)F)c3)c3c(c21)C(=O)NC3c1cc(F)ccc1Cl. The fourth-order valence-electron chi connectivity index (χ4n) is 5.47. The summed E-state index contributed by atoms with van der Waals surface area (Å²) in [6, 6.07) is 5.28. The van der Waals surface area contributed by atoms with Gasteiger partial charge in [-0.1, -0.05) is 11.6 Å². The number of amides is 2. The van der Waals surface area contributed by atoms with Gasteiger partial charge in [0.05, 0.1) is 28.2 Å². The number of aromatic nitrogens is 2. The number of benzene rings is 3. The van der Waals surface area contributed by atoms with Gasteiger partial charge in [0.1, 0.15) is 11.6 Å². The van der Waals surface area contributed by atoms with Crippen molar-refractivity contribution in [1.82, 2.24) is 19.8 Å². The van der Waals surface area contributed by atoms with Crippen LogP contribution in [0.15, 0.2) is 47.3 Å². The van der Waals surface area contributed by atoms with Gasteiger partial charge in [-0.3, -0.25) is 18.7 Å². The van der Waals surface area contributed by atoms with Crippen LogP contribution in [-0.2, 0) is 19.8 Å². The number of anilines is 1. The highest BCUT2D eigenvalue weighted by atomic mass is 35.5. The zero-order valence-corrected chi connectivity index (χ0v) is 22.5. The second-order valence-electron chi connectivity index (χ2n) is 10.3. The molecule has 2 amide bonds. The standard InChI is InChI=1S/C28H21ClF5N5O3/c1-38-24-20(39(27(38)42)11-12-9-35-10-12)8-19(36-25(40)13-4-14(28(32,33)34)6-16(31)5-13)21-22(24)26(41)37-23(21)17-7-15(30)2-3-18(17)29/h2-8,12,23,35H,9-11H2,1H3,(H,36,40)(H,37,41). The second kappa shape index (κ2) is 9.95. The average Bonchev–Trinajstić information content (AvgIpc) is 3.35. The minimum atomic E-state index is -4.91. The number of hydrogen-bond donors (Lipinski definition) is 3. The molecular weight excluding hydrogens is 585 g/mol. The van der Waals surface area contributed by atoms with Crippen molar-refractivity contribution >= 4 is 40.1 Å². The number of nitrogens with zero attached hydrogens (tertiary/aromatic N) is 2. The first-order valence-corrected chi connectivity index (χ1v) is 13.1. The molecule has 3 N–H and O–H groups in total. The van der Waals surface area contributed by atoms with Gasteiger partial charge in [0.2, 0.25) is 0 Å². The van der Waals surface area contributed by atoms with E-state index in [1.807, 2.05) is 0 Å². The third-order valence-electron chi connectivity index (χ3n) is 7.57. The van der Waals surface area contributed by atoms with Crippen molar-refractivity contribution in [3.63, 3.8) is 0 Å². The quantitative estimate of drug-likeness (QED) is 0.290. The number of hydrogen-bond acceptors (Lipinski definition) is 4. The molecule has 0 bridgehead atoms. The maximum atomic E-state index is 14.3. The number of alkyl halides is 3. The summed E-state index contributed by atoms with van der Waals surface area (Å²) < 4.78 is 71.2. The fourth-order valence-corrected chi connectivity index (χ4v) is 5.69. The molecule has 1 atom stereocenters. The number of rotatable bonds is 5. The molecule has 1 unspecified atom stereocenters. The van der Waals surface area contributed by atoms with E-state index in [1.165, 1.54) is 28.3 Å². The average molecular weight is 606 g/mol. The molecule has 4 aromatic rings. The molecule has 42 heavy (non-hydrogen) atoms. The van der Waals surface area contributed by atoms with Crippen molar-refractivity contribution in [2.45, 2.75) is 18.8 Å². The predicted molar refractivity (Wildman–Crippen MR) is 144 cm³/mol. The summed E-state index contributed by atoms with van der Waals surface area (Å²) in [4.78, 5) is 40.1. The Kier molecular flexibility index (Phi) is 6.61. The van der Waals surface area contributed by atoms with Crippen molar-refractivity contribution in [3.05, 3.63) is 97.4 Å². The number of nitrogens with one attached hydrogen (secondary N) is 3. The molecule has 1 aromatic heterocycles. The number of carbonyl (C=O) groups is 2. The Morgan fingerprint density at radius 3 is 2.48 bits per heavy atom. The Balaban J connectivity index is 1.57. The summed E-state index contributed by atoms with van der Waals surface area (Å²) in [6.07, 6.45) is -4.91. The molecule has 0 aliphatic carbocycles. The Morgan fingerprint density at radius 1 is 1.07 bits per heavy atom. The van der Waals surface area contributed by atoms with Crippen molar-refractivity contribution in [2.24, 2.45) is 13.0 Å². The van der Waals surface area contributed by atoms with Crippen LogP contribution in [0.4, 0.5) is 27.6 Å². The van der Waals surface area contributed by atoms with Crippen LogP contribution in [0.5, 0.6) is 0 Å². The summed E-state index contributed by atoms with van der Waals surface area (Å²) in [5.41, 5.74) is -1.64. The van der Waals surface area contributed by atoms with Crippen LogP contribution in [-0.4, -0.2) is 34.0 Å². The topological polar surface area (TPSA) is 97.2 Å². The van der Waals surface area contributed by atoms with Gasteiger partial charge in [0.15, 0.2) is 0 Å². The monoisotopic (exact) mass is 605 g/mol. The Bertz CT molecular complexity index is 1860. The van der Waals surface area contributed by atoms with Crippen LogP contribution in [0.3, 0.4) is 0 Å². The van der Waals surface area contributed by atoms with Crippen LogP contribution in [0.25, 0.3) is 11.0 Å². The molecule has 1 fully saturated rings. The molecule has 14 heteroatoms. The Morgan fingerprint density at radius 2 is 1.81 bits per heavy atom. The van der Waals surface area contributed by atoms with Gasteiger partial charge in [0, 0.05) is 60.0 Å². The molecule has 3 aromatic carbocycles. The lowest BCUT2D eigenvalue weighted by Crippen LogP contribution is -2.45. The Labute approximate surface area is 239 Å². The third kappa shape index (κ3) is 4.62. The summed E-state index contributed by atoms with van der Waals surface area (Å²) in [5, 5.41) is 8.44. The van der Waals surface area contributed by atoms with E-state index in [1.54, 1.807) is 0 Å². The summed E-state index contributed by atoms with van der Waals surface area (Å²) in [5.74, 6) is -3.54. The van der Waals surface area contributed by atoms with Crippen LogP contribution >= 0.6 is 11.6 Å². The zero-order valence-electron chi connectivity index (χ0n) is 21.7. The van der Waals surface area contributed by atoms with E-state index in [0.29, 0.717) is 37.3 Å². The molecule has 2 aliphatic heterocycles. The fraction of sp³-hybridized carbons (Fsp3) is 0.250. The molecule has 0 spiro atoms. The molecular formula is C28H21ClF5N5O3. The number of imidazole rings is 1. The lowest BCUT2D eigenvalue weighted by molar-refractivity contribution is -0.137. The molecule has 2 aliphatic rings. The zero-order chi connectivity index (χ0) is 30.1. The largest absolute Gasteiger partial charge is 0.416 e. The minimum Gasteiger partial charge on any atom is -0.341 e. The van der Waals surface area contributed by atoms with Gasteiger partial charge >= 0.3 is 11.9 Å².